The Bertz CT molecular complexity index is 817. The van der Waals surface area contributed by atoms with Gasteiger partial charge in [-0.3, -0.25) is 0 Å². The molecule has 0 amide bonds. The molecule has 0 aromatic heterocycles. The third kappa shape index (κ3) is 5.69. The molecule has 7 heteroatoms. The molecule has 0 heterocycles. The monoisotopic (exact) mass is 392 g/mol. The van der Waals surface area contributed by atoms with E-state index in [1.165, 1.54) is 0 Å². The second kappa shape index (κ2) is 9.21. The second-order valence-electron chi connectivity index (χ2n) is 6.87. The van der Waals surface area contributed by atoms with E-state index in [0.29, 0.717) is 18.9 Å². The third-order valence-electron chi connectivity index (χ3n) is 4.43. The molecular weight excluding hydrogens is 362 g/mol. The molecule has 0 radical (unpaired) electrons. The second-order valence-corrected chi connectivity index (χ2v) is 8.64. The molecule has 2 rings (SSSR count). The van der Waals surface area contributed by atoms with Gasteiger partial charge in [0.1, 0.15) is 11.8 Å². The predicted octanol–water partition coefficient (Wildman–Crippen LogP) is 1.32. The van der Waals surface area contributed by atoms with Crippen LogP contribution in [0.4, 0.5) is 5.69 Å². The number of hydrogen-bond donors (Lipinski definition) is 2. The maximum atomic E-state index is 12.6. The van der Waals surface area contributed by atoms with E-state index in [1.807, 2.05) is 52.1 Å². The predicted molar refractivity (Wildman–Crippen MR) is 109 cm³/mol. The summed E-state index contributed by atoms with van der Waals surface area (Å²) in [5.41, 5.74) is 2.20. The summed E-state index contributed by atoms with van der Waals surface area (Å²) in [6.45, 7) is 2.75. The van der Waals surface area contributed by atoms with E-state index in [0.717, 1.165) is 16.2 Å². The SMILES string of the molecule is CCOc1ccc(S(=O)(=O)NC[C@@H](c2ccc(N(C)C)cc2)[NH+](C)C)cc1. The Morgan fingerprint density at radius 3 is 2.11 bits per heavy atom. The lowest BCUT2D eigenvalue weighted by Crippen LogP contribution is -3.07. The van der Waals surface area contributed by atoms with E-state index in [1.54, 1.807) is 24.3 Å². The van der Waals surface area contributed by atoms with E-state index in [2.05, 4.69) is 16.9 Å². The molecule has 0 saturated carbocycles. The first-order valence-electron chi connectivity index (χ1n) is 9.04. The smallest absolute Gasteiger partial charge is 0.240 e. The molecule has 0 bridgehead atoms. The lowest BCUT2D eigenvalue weighted by atomic mass is 10.1. The highest BCUT2D eigenvalue weighted by Gasteiger charge is 2.22. The van der Waals surface area contributed by atoms with Crippen LogP contribution in [0, 0.1) is 0 Å². The molecule has 0 aliphatic carbocycles. The van der Waals surface area contributed by atoms with Crippen LogP contribution in [0.25, 0.3) is 0 Å². The normalized spacial score (nSPS) is 12.8. The van der Waals surface area contributed by atoms with Crippen molar-refractivity contribution in [2.45, 2.75) is 17.9 Å². The van der Waals surface area contributed by atoms with Crippen molar-refractivity contribution < 1.29 is 18.1 Å². The molecule has 1 atom stereocenters. The number of hydrogen-bond acceptors (Lipinski definition) is 4. The molecule has 148 valence electrons. The zero-order chi connectivity index (χ0) is 20.0. The van der Waals surface area contributed by atoms with Gasteiger partial charge in [0.15, 0.2) is 0 Å². The van der Waals surface area contributed by atoms with Crippen LogP contribution in [0.15, 0.2) is 53.4 Å². The standard InChI is InChI=1S/C20H29N3O3S/c1-6-26-18-11-13-19(14-12-18)27(24,25)21-15-20(23(4)5)16-7-9-17(10-8-16)22(2)3/h7-14,20-21H,6,15H2,1-5H3/p+1/t20-/m0/s1. The highest BCUT2D eigenvalue weighted by atomic mass is 32.2. The van der Waals surface area contributed by atoms with Gasteiger partial charge in [-0.25, -0.2) is 13.1 Å². The molecular formula is C20H30N3O3S+. The Morgan fingerprint density at radius 1 is 1.04 bits per heavy atom. The average Bonchev–Trinajstić information content (AvgIpc) is 2.62. The van der Waals surface area contributed by atoms with Crippen molar-refractivity contribution in [3.8, 4) is 5.75 Å². The summed E-state index contributed by atoms with van der Waals surface area (Å²) in [6, 6.07) is 14.7. The number of anilines is 1. The van der Waals surface area contributed by atoms with Gasteiger partial charge in [0.25, 0.3) is 0 Å². The maximum absolute atomic E-state index is 12.6. The largest absolute Gasteiger partial charge is 0.494 e. The highest BCUT2D eigenvalue weighted by Crippen LogP contribution is 2.18. The van der Waals surface area contributed by atoms with Gasteiger partial charge in [-0.1, -0.05) is 12.1 Å². The zero-order valence-corrected chi connectivity index (χ0v) is 17.5. The minimum absolute atomic E-state index is 0.0127. The van der Waals surface area contributed by atoms with Gasteiger partial charge in [-0.05, 0) is 43.3 Å². The molecule has 0 unspecified atom stereocenters. The Balaban J connectivity index is 2.12. The summed E-state index contributed by atoms with van der Waals surface area (Å²) in [7, 11) is 4.46. The Labute approximate surface area is 162 Å². The maximum Gasteiger partial charge on any atom is 0.240 e. The topological polar surface area (TPSA) is 63.1 Å². The molecule has 6 nitrogen and oxygen atoms in total. The number of quaternary nitrogens is 1. The van der Waals surface area contributed by atoms with E-state index in [9.17, 15) is 8.42 Å². The van der Waals surface area contributed by atoms with Gasteiger partial charge in [0.2, 0.25) is 10.0 Å². The van der Waals surface area contributed by atoms with E-state index in [4.69, 9.17) is 4.74 Å². The van der Waals surface area contributed by atoms with E-state index >= 15 is 0 Å². The van der Waals surface area contributed by atoms with Crippen molar-refractivity contribution in [3.05, 3.63) is 54.1 Å². The van der Waals surface area contributed by atoms with Gasteiger partial charge in [-0.2, -0.15) is 0 Å². The average molecular weight is 393 g/mol. The van der Waals surface area contributed by atoms with Crippen molar-refractivity contribution in [2.75, 3.05) is 46.2 Å². The van der Waals surface area contributed by atoms with Crippen LogP contribution in [0.5, 0.6) is 5.75 Å². The Hall–Kier alpha value is -2.09. The lowest BCUT2D eigenvalue weighted by molar-refractivity contribution is -0.890. The van der Waals surface area contributed by atoms with Crippen LogP contribution in [-0.2, 0) is 10.0 Å². The molecule has 0 spiro atoms. The van der Waals surface area contributed by atoms with E-state index < -0.39 is 10.0 Å². The summed E-state index contributed by atoms with van der Waals surface area (Å²) in [5.74, 6) is 0.660. The van der Waals surface area contributed by atoms with Gasteiger partial charge >= 0.3 is 0 Å². The molecule has 2 aromatic carbocycles. The van der Waals surface area contributed by atoms with Gasteiger partial charge in [0.05, 0.1) is 32.1 Å². The minimum atomic E-state index is -3.58. The number of ether oxygens (including phenoxy) is 1. The van der Waals surface area contributed by atoms with Crippen LogP contribution in [0.2, 0.25) is 0 Å². The number of rotatable bonds is 9. The van der Waals surface area contributed by atoms with Crippen molar-refractivity contribution in [3.63, 3.8) is 0 Å². The summed E-state index contributed by atoms with van der Waals surface area (Å²) < 4.78 is 33.4. The number of nitrogens with zero attached hydrogens (tertiary/aromatic N) is 1. The van der Waals surface area contributed by atoms with Crippen molar-refractivity contribution in [1.29, 1.82) is 0 Å². The summed E-state index contributed by atoms with van der Waals surface area (Å²) >= 11 is 0. The van der Waals surface area contributed by atoms with Crippen LogP contribution in [0.3, 0.4) is 0 Å². The fraction of sp³-hybridized carbons (Fsp3) is 0.400. The summed E-state index contributed by atoms with van der Waals surface area (Å²) in [4.78, 5) is 3.43. The lowest BCUT2D eigenvalue weighted by Gasteiger charge is -2.23. The molecule has 0 aliphatic rings. The fourth-order valence-corrected chi connectivity index (χ4v) is 3.87. The first kappa shape index (κ1) is 21.2. The third-order valence-corrected chi connectivity index (χ3v) is 5.87. The van der Waals surface area contributed by atoms with Gasteiger partial charge in [0, 0.05) is 25.3 Å². The molecule has 27 heavy (non-hydrogen) atoms. The fourth-order valence-electron chi connectivity index (χ4n) is 2.82. The summed E-state index contributed by atoms with van der Waals surface area (Å²) in [5, 5.41) is 0. The minimum Gasteiger partial charge on any atom is -0.494 e. The first-order chi connectivity index (χ1) is 12.7. The van der Waals surface area contributed by atoms with Crippen LogP contribution >= 0.6 is 0 Å². The Kier molecular flexibility index (Phi) is 7.24. The van der Waals surface area contributed by atoms with Crippen LogP contribution < -0.4 is 19.3 Å². The number of likely N-dealkylation sites (N-methyl/N-ethyl adjacent to an activating group) is 1. The van der Waals surface area contributed by atoms with Crippen LogP contribution in [0.1, 0.15) is 18.5 Å². The van der Waals surface area contributed by atoms with Gasteiger partial charge in [-0.15, -0.1) is 0 Å². The first-order valence-corrected chi connectivity index (χ1v) is 10.5. The zero-order valence-electron chi connectivity index (χ0n) is 16.7. The molecule has 0 aliphatic heterocycles. The molecule has 2 N–H and O–H groups in total. The Morgan fingerprint density at radius 2 is 1.63 bits per heavy atom. The molecule has 2 aromatic rings. The van der Waals surface area contributed by atoms with Crippen molar-refractivity contribution in [2.24, 2.45) is 0 Å². The number of benzene rings is 2. The number of nitrogens with one attached hydrogen (secondary N) is 2. The number of sulfonamides is 1. The van der Waals surface area contributed by atoms with Crippen molar-refractivity contribution in [1.82, 2.24) is 4.72 Å². The molecule has 0 saturated heterocycles. The van der Waals surface area contributed by atoms with Gasteiger partial charge < -0.3 is 14.5 Å². The molecule has 0 fully saturated rings. The highest BCUT2D eigenvalue weighted by molar-refractivity contribution is 7.89. The van der Waals surface area contributed by atoms with E-state index in [-0.39, 0.29) is 10.9 Å². The van der Waals surface area contributed by atoms with Crippen molar-refractivity contribution >= 4 is 15.7 Å². The summed E-state index contributed by atoms with van der Waals surface area (Å²) in [6.07, 6.45) is 0. The quantitative estimate of drug-likeness (QED) is 0.676. The van der Waals surface area contributed by atoms with Crippen LogP contribution in [-0.4, -0.2) is 49.8 Å².